The van der Waals surface area contributed by atoms with E-state index in [4.69, 9.17) is 82.4 Å². The average Bonchev–Trinajstić information content (AvgIpc) is 1.44. The molecule has 4 saturated carbocycles. The van der Waals surface area contributed by atoms with E-state index in [1.54, 1.807) is 0 Å². The molecule has 0 aromatic rings. The van der Waals surface area contributed by atoms with Gasteiger partial charge in [0.15, 0.2) is 49.8 Å². The zero-order valence-electron chi connectivity index (χ0n) is 60.8. The molecule has 2 bridgehead atoms. The highest BCUT2D eigenvalue weighted by molar-refractivity contribution is 5.75. The maximum Gasteiger partial charge on any atom is 0.309 e. The topological polar surface area (TPSA) is 325 Å². The van der Waals surface area contributed by atoms with Gasteiger partial charge in [-0.05, 0) is 116 Å². The molecule has 2 N–H and O–H groups in total. The van der Waals surface area contributed by atoms with E-state index < -0.39 is 157 Å². The highest BCUT2D eigenvalue weighted by atomic mass is 16.8. The van der Waals surface area contributed by atoms with Gasteiger partial charge in [-0.25, -0.2) is 0 Å². The lowest BCUT2D eigenvalue weighted by Crippen LogP contribution is -2.65. The molecule has 556 valence electrons. The molecule has 9 aliphatic rings. The summed E-state index contributed by atoms with van der Waals surface area (Å²) in [6, 6.07) is 0. The van der Waals surface area contributed by atoms with Crippen LogP contribution in [0.1, 0.15) is 182 Å². The summed E-state index contributed by atoms with van der Waals surface area (Å²) in [6.07, 6.45) is -7.24. The van der Waals surface area contributed by atoms with Crippen molar-refractivity contribution in [1.82, 2.24) is 0 Å². The molecule has 5 heterocycles. The van der Waals surface area contributed by atoms with Gasteiger partial charge in [-0.15, -0.1) is 0 Å². The summed E-state index contributed by atoms with van der Waals surface area (Å²) < 4.78 is 98.4. The fraction of sp³-hybridized carbons (Fsp3) is 0.861. The molecule has 12 unspecified atom stereocenters. The van der Waals surface area contributed by atoms with Crippen molar-refractivity contribution >= 4 is 47.8 Å². The molecular weight excluding hydrogens is 1280 g/mol. The van der Waals surface area contributed by atoms with Crippen LogP contribution in [0.25, 0.3) is 0 Å². The van der Waals surface area contributed by atoms with Crippen molar-refractivity contribution in [2.75, 3.05) is 33.0 Å². The molecule has 4 aliphatic carbocycles. The van der Waals surface area contributed by atoms with Gasteiger partial charge in [0, 0.05) is 72.1 Å². The summed E-state index contributed by atoms with van der Waals surface area (Å²) in [7, 11) is 0. The second-order valence-electron chi connectivity index (χ2n) is 30.7. The maximum atomic E-state index is 12.9. The lowest BCUT2D eigenvalue weighted by Gasteiger charge is -2.64. The van der Waals surface area contributed by atoms with Crippen molar-refractivity contribution in [3.8, 4) is 0 Å². The number of aliphatic carboxylic acids is 1. The van der Waals surface area contributed by atoms with Gasteiger partial charge in [0.2, 0.25) is 0 Å². The van der Waals surface area contributed by atoms with E-state index in [2.05, 4.69) is 6.92 Å². The van der Waals surface area contributed by atoms with E-state index >= 15 is 0 Å². The van der Waals surface area contributed by atoms with Crippen molar-refractivity contribution in [1.29, 1.82) is 0 Å². The number of carbonyl (C=O) groups is 8. The second kappa shape index (κ2) is 32.2. The molecule has 26 heteroatoms. The zero-order chi connectivity index (χ0) is 72.4. The van der Waals surface area contributed by atoms with Crippen LogP contribution < -0.4 is 0 Å². The van der Waals surface area contributed by atoms with Crippen LogP contribution in [0.4, 0.5) is 0 Å². The first-order valence-corrected chi connectivity index (χ1v) is 35.4. The number of aliphatic hydroxyl groups is 1. The Hall–Kier alpha value is -4.90. The van der Waals surface area contributed by atoms with E-state index in [0.717, 1.165) is 37.7 Å². The predicted octanol–water partition coefficient (Wildman–Crippen LogP) is 8.34. The number of fused-ring (bicyclic) bond motifs is 3. The molecule has 1 spiro atoms. The first kappa shape index (κ1) is 78.8. The van der Waals surface area contributed by atoms with E-state index in [1.807, 2.05) is 69.2 Å². The van der Waals surface area contributed by atoms with Gasteiger partial charge in [0.25, 0.3) is 0 Å². The number of ether oxygens (including phenoxy) is 16. The molecular formula is C72H112O26. The summed E-state index contributed by atoms with van der Waals surface area (Å²) in [6.45, 7) is 35.7. The molecule has 5 aliphatic heterocycles. The molecule has 30 atom stereocenters. The van der Waals surface area contributed by atoms with Crippen LogP contribution in [0, 0.1) is 81.3 Å². The Morgan fingerprint density at radius 1 is 0.469 bits per heavy atom. The maximum absolute atomic E-state index is 12.9. The van der Waals surface area contributed by atoms with E-state index in [9.17, 15) is 48.6 Å². The largest absolute Gasteiger partial charge is 0.481 e. The van der Waals surface area contributed by atoms with Crippen molar-refractivity contribution < 1.29 is 124 Å². The van der Waals surface area contributed by atoms with Crippen molar-refractivity contribution in [2.45, 2.75) is 281 Å². The Bertz CT molecular complexity index is 2850. The number of aliphatic hydroxyl groups excluding tert-OH is 1. The van der Waals surface area contributed by atoms with Crippen LogP contribution in [0.5, 0.6) is 0 Å². The first-order chi connectivity index (χ1) is 45.9. The monoisotopic (exact) mass is 1390 g/mol. The molecule has 0 aromatic heterocycles. The average molecular weight is 1390 g/mol. The standard InChI is InChI=1S/C53H80O18.C19H32O8/c1-26-21-52-19-15-40-50(12,17-14-18-51(40,13)49(59)60)41(52)16-20-53(26,25-52)71-48-45(70-47-44(65-36(11)58)30(5)28(3)38(67-47)23-62-33(8)55)42(31(6)39(68-48)24-63-34(9)56)69-46-43(64-35(10)57)29(4)27(2)37(66-46)22-61-32(7)54;1-9-7-24-19(17(10(9)2)25-14(6)21)27-16-12(4)11(3)15(26-18(16)22)8-23-13(5)20/h27-31,37-48H,1,14-25H2,2-13H3,(H,59,60);9-12,15-19,22H,7-8H2,1-6H3/t27-,28-,29-,30-,31+,37?,38?,39?,40?,41-,42-,43?,44?,45?,46-,47-,48-,50+,51+,52+,53?;9-,10+,11+,12+,15?,16?,17?,18?,19+/m01/s1. The van der Waals surface area contributed by atoms with Crippen molar-refractivity contribution in [3.05, 3.63) is 12.2 Å². The summed E-state index contributed by atoms with van der Waals surface area (Å²) >= 11 is 0. The fourth-order valence-corrected chi connectivity index (χ4v) is 17.9. The number of esters is 7. The molecule has 9 rings (SSSR count). The predicted molar refractivity (Wildman–Crippen MR) is 345 cm³/mol. The Kier molecular flexibility index (Phi) is 25.9. The number of hydrogen-bond donors (Lipinski definition) is 2. The van der Waals surface area contributed by atoms with Crippen molar-refractivity contribution in [2.24, 2.45) is 81.3 Å². The summed E-state index contributed by atoms with van der Waals surface area (Å²) in [5, 5.41) is 21.1. The highest BCUT2D eigenvalue weighted by Gasteiger charge is 2.69. The van der Waals surface area contributed by atoms with Crippen LogP contribution >= 0.6 is 0 Å². The molecule has 0 aromatic carbocycles. The molecule has 0 radical (unpaired) electrons. The number of carboxylic acid groups (broad SMARTS) is 1. The second-order valence-corrected chi connectivity index (χ2v) is 30.7. The van der Waals surface area contributed by atoms with Gasteiger partial charge in [0.05, 0.1) is 42.0 Å². The minimum absolute atomic E-state index is 0.0210. The first-order valence-electron chi connectivity index (χ1n) is 35.4. The molecule has 0 amide bonds. The van der Waals surface area contributed by atoms with Crippen LogP contribution in [0.3, 0.4) is 0 Å². The Morgan fingerprint density at radius 2 is 0.888 bits per heavy atom. The summed E-state index contributed by atoms with van der Waals surface area (Å²) in [5.41, 5.74) is -1.29. The van der Waals surface area contributed by atoms with Gasteiger partial charge >= 0.3 is 47.8 Å². The SMILES string of the molecule is C=C1C[C@@]23CCC4[C@](C)(C(=O)O)CCC[C@@]4(C)[C@@H]2CCC1(O[C@@H]1OC(COC(C)=O)[C@@H](C)[C@H](O[C@@H]2OC(COC(C)=O)[C@@H](C)[C@H](C)C2OC(C)=O)C1O[C@@H]1OC(COC(C)=O)[C@@H](C)[C@H](C)C1OC(C)=O)C3.CC(=O)OCC1OC(O)C(O[C@@H]2OC[C@@H](C)[C@H](C)C2OC(C)=O)[C@@H](C)[C@@H]1C. The third-order valence-electron chi connectivity index (χ3n) is 24.3. The smallest absolute Gasteiger partial charge is 0.309 e. The number of carbonyl (C=O) groups excluding carboxylic acids is 7. The molecule has 5 saturated heterocycles. The lowest BCUT2D eigenvalue weighted by atomic mass is 9.41. The molecule has 26 nitrogen and oxygen atoms in total. The summed E-state index contributed by atoms with van der Waals surface area (Å²) in [5.74, 6) is -5.75. The number of carboxylic acids is 1. The highest BCUT2D eigenvalue weighted by Crippen LogP contribution is 2.74. The summed E-state index contributed by atoms with van der Waals surface area (Å²) in [4.78, 5) is 97.8. The Balaban J connectivity index is 0.000000379. The van der Waals surface area contributed by atoms with Crippen molar-refractivity contribution in [3.63, 3.8) is 0 Å². The third kappa shape index (κ3) is 17.1. The van der Waals surface area contributed by atoms with E-state index in [0.29, 0.717) is 32.3 Å². The Morgan fingerprint density at radius 3 is 1.36 bits per heavy atom. The van der Waals surface area contributed by atoms with Gasteiger partial charge < -0.3 is 86.0 Å². The van der Waals surface area contributed by atoms with Crippen LogP contribution in [-0.2, 0) is 114 Å². The third-order valence-corrected chi connectivity index (χ3v) is 24.3. The van der Waals surface area contributed by atoms with Gasteiger partial charge in [0.1, 0.15) is 44.7 Å². The van der Waals surface area contributed by atoms with Crippen LogP contribution in [-0.4, -0.2) is 189 Å². The van der Waals surface area contributed by atoms with E-state index in [-0.39, 0.29) is 96.4 Å². The molecule has 98 heavy (non-hydrogen) atoms. The van der Waals surface area contributed by atoms with Crippen LogP contribution in [0.2, 0.25) is 0 Å². The van der Waals surface area contributed by atoms with Crippen LogP contribution in [0.15, 0.2) is 12.2 Å². The minimum atomic E-state index is -1.29. The van der Waals surface area contributed by atoms with Gasteiger partial charge in [-0.2, -0.15) is 0 Å². The van der Waals surface area contributed by atoms with Gasteiger partial charge in [-0.3, -0.25) is 38.4 Å². The fourth-order valence-electron chi connectivity index (χ4n) is 17.9. The lowest BCUT2D eigenvalue weighted by molar-refractivity contribution is -0.389. The normalized spacial score (nSPS) is 44.3. The molecule has 9 fully saturated rings. The number of hydrogen-bond acceptors (Lipinski definition) is 25. The number of rotatable bonds is 20. The minimum Gasteiger partial charge on any atom is -0.481 e. The zero-order valence-corrected chi connectivity index (χ0v) is 60.8. The van der Waals surface area contributed by atoms with Gasteiger partial charge in [-0.1, -0.05) is 82.2 Å². The Labute approximate surface area is 577 Å². The van der Waals surface area contributed by atoms with E-state index in [1.165, 1.54) is 48.5 Å². The quantitative estimate of drug-likeness (QED) is 0.0500.